The van der Waals surface area contributed by atoms with Gasteiger partial charge < -0.3 is 20.7 Å². The summed E-state index contributed by atoms with van der Waals surface area (Å²) in [5.41, 5.74) is 4.97. The van der Waals surface area contributed by atoms with E-state index in [0.717, 1.165) is 32.1 Å². The molecule has 0 aromatic heterocycles. The second-order valence-corrected chi connectivity index (χ2v) is 13.1. The zero-order chi connectivity index (χ0) is 30.8. The largest absolute Gasteiger partial charge is 0.396 e. The molecule has 0 saturated heterocycles. The van der Waals surface area contributed by atoms with Crippen LogP contribution < -0.4 is 5.73 Å². The molecule has 0 aromatic rings. The van der Waals surface area contributed by atoms with Gasteiger partial charge in [0.1, 0.15) is 5.60 Å². The van der Waals surface area contributed by atoms with Crippen molar-refractivity contribution in [1.29, 1.82) is 0 Å². The molecule has 0 rings (SSSR count). The molecule has 1 unspecified atom stereocenters. The Morgan fingerprint density at radius 1 is 0.476 bits per heavy atom. The summed E-state index contributed by atoms with van der Waals surface area (Å²) in [5, 5.41) is 18.2. The van der Waals surface area contributed by atoms with Gasteiger partial charge in [-0.1, -0.05) is 174 Å². The number of nitrogens with two attached hydrogens (primary N) is 1. The van der Waals surface area contributed by atoms with Crippen LogP contribution in [0.15, 0.2) is 0 Å². The van der Waals surface area contributed by atoms with Crippen LogP contribution in [0, 0.1) is 0 Å². The van der Waals surface area contributed by atoms with E-state index in [1.165, 1.54) is 148 Å². The Balaban J connectivity index is 3.84. The number of aliphatic hydroxyl groups excluding tert-OH is 2. The molecule has 0 aromatic carbocycles. The summed E-state index contributed by atoms with van der Waals surface area (Å²) in [6.07, 6.45) is 37.6. The molecule has 5 heteroatoms. The number of amides is 1. The minimum atomic E-state index is -0.902. The molecule has 0 radical (unpaired) electrons. The topological polar surface area (TPSA) is 92.8 Å². The van der Waals surface area contributed by atoms with E-state index in [1.54, 1.807) is 0 Å². The van der Waals surface area contributed by atoms with Crippen molar-refractivity contribution in [3.63, 3.8) is 0 Å². The zero-order valence-corrected chi connectivity index (χ0v) is 28.3. The van der Waals surface area contributed by atoms with Crippen LogP contribution in [-0.2, 0) is 9.53 Å². The predicted octanol–water partition coefficient (Wildman–Crippen LogP) is 10.3. The summed E-state index contributed by atoms with van der Waals surface area (Å²) in [6.45, 7) is 3.28. The number of ether oxygens (including phenoxy) is 1. The highest BCUT2D eigenvalue weighted by Crippen LogP contribution is 2.27. The van der Waals surface area contributed by atoms with Crippen LogP contribution in [0.25, 0.3) is 0 Å². The molecule has 0 fully saturated rings. The van der Waals surface area contributed by atoms with Crippen molar-refractivity contribution in [2.45, 2.75) is 212 Å². The highest BCUT2D eigenvalue weighted by molar-refractivity contribution is 5.83. The Bertz CT molecular complexity index is 544. The van der Waals surface area contributed by atoms with Crippen molar-refractivity contribution >= 4 is 5.91 Å². The van der Waals surface area contributed by atoms with Gasteiger partial charge in [0.25, 0.3) is 0 Å². The minimum Gasteiger partial charge on any atom is -0.396 e. The first-order valence-corrected chi connectivity index (χ1v) is 18.8. The third kappa shape index (κ3) is 26.9. The lowest BCUT2D eigenvalue weighted by molar-refractivity contribution is -0.147. The SMILES string of the molecule is CCCCCCCCCCCCCCC(CCCO)(OCCCCCCCCCCCCCCCCCCO)C(N)=O. The van der Waals surface area contributed by atoms with E-state index in [9.17, 15) is 9.90 Å². The summed E-state index contributed by atoms with van der Waals surface area (Å²) in [7, 11) is 0. The van der Waals surface area contributed by atoms with Crippen LogP contribution in [0.1, 0.15) is 206 Å². The molecule has 1 amide bonds. The number of hydrogen-bond acceptors (Lipinski definition) is 4. The number of primary amides is 1. The summed E-state index contributed by atoms with van der Waals surface area (Å²) in [6, 6.07) is 0. The molecule has 5 nitrogen and oxygen atoms in total. The van der Waals surface area contributed by atoms with Crippen LogP contribution in [-0.4, -0.2) is 41.5 Å². The smallest absolute Gasteiger partial charge is 0.249 e. The van der Waals surface area contributed by atoms with Crippen molar-refractivity contribution < 1.29 is 19.7 Å². The first-order valence-electron chi connectivity index (χ1n) is 18.8. The minimum absolute atomic E-state index is 0.0724. The second kappa shape index (κ2) is 33.2. The Kier molecular flexibility index (Phi) is 32.7. The van der Waals surface area contributed by atoms with Gasteiger partial charge in [-0.3, -0.25) is 4.79 Å². The maximum atomic E-state index is 12.5. The number of rotatable bonds is 36. The Morgan fingerprint density at radius 2 is 0.786 bits per heavy atom. The monoisotopic (exact) mass is 598 g/mol. The maximum absolute atomic E-state index is 12.5. The van der Waals surface area contributed by atoms with E-state index in [4.69, 9.17) is 15.6 Å². The van der Waals surface area contributed by atoms with Gasteiger partial charge in [-0.2, -0.15) is 0 Å². The number of carbonyl (C=O) groups excluding carboxylic acids is 1. The fourth-order valence-electron chi connectivity index (χ4n) is 6.16. The number of aliphatic hydroxyl groups is 2. The molecule has 0 saturated carbocycles. The van der Waals surface area contributed by atoms with Crippen LogP contribution in [0.2, 0.25) is 0 Å². The molecular formula is C37H75NO4. The molecule has 0 aliphatic heterocycles. The normalized spacial score (nSPS) is 13.0. The molecule has 0 bridgehead atoms. The van der Waals surface area contributed by atoms with Gasteiger partial charge >= 0.3 is 0 Å². The standard InChI is InChI=1S/C37H75NO4/c1-2-3-4-5-6-7-8-15-18-21-24-27-31-37(36(38)41,32-30-34-40)42-35-29-26-23-20-17-14-12-10-9-11-13-16-19-22-25-28-33-39/h39-40H,2-35H2,1H3,(H2,38,41). The molecule has 1 atom stereocenters. The Labute approximate surface area is 262 Å². The lowest BCUT2D eigenvalue weighted by atomic mass is 9.89. The molecule has 0 heterocycles. The molecule has 0 aliphatic carbocycles. The van der Waals surface area contributed by atoms with Gasteiger partial charge in [-0.15, -0.1) is 0 Å². The van der Waals surface area contributed by atoms with Gasteiger partial charge in [0, 0.05) is 19.8 Å². The van der Waals surface area contributed by atoms with E-state index >= 15 is 0 Å². The molecular weight excluding hydrogens is 522 g/mol. The van der Waals surface area contributed by atoms with E-state index in [-0.39, 0.29) is 12.5 Å². The third-order valence-corrected chi connectivity index (χ3v) is 9.05. The molecule has 0 aliphatic rings. The molecule has 0 spiro atoms. The van der Waals surface area contributed by atoms with E-state index in [2.05, 4.69) is 6.92 Å². The molecule has 42 heavy (non-hydrogen) atoms. The number of unbranched alkanes of at least 4 members (excludes halogenated alkanes) is 26. The van der Waals surface area contributed by atoms with Crippen LogP contribution >= 0.6 is 0 Å². The fourth-order valence-corrected chi connectivity index (χ4v) is 6.16. The number of carbonyl (C=O) groups is 1. The lowest BCUT2D eigenvalue weighted by Gasteiger charge is -2.31. The van der Waals surface area contributed by atoms with Gasteiger partial charge in [0.2, 0.25) is 5.91 Å². The van der Waals surface area contributed by atoms with E-state index in [1.807, 2.05) is 0 Å². The Morgan fingerprint density at radius 3 is 1.14 bits per heavy atom. The van der Waals surface area contributed by atoms with Crippen LogP contribution in [0.3, 0.4) is 0 Å². The van der Waals surface area contributed by atoms with Gasteiger partial charge in [-0.25, -0.2) is 0 Å². The van der Waals surface area contributed by atoms with Crippen molar-refractivity contribution in [1.82, 2.24) is 0 Å². The quantitative estimate of drug-likeness (QED) is 0.0626. The summed E-state index contributed by atoms with van der Waals surface area (Å²) < 4.78 is 6.22. The maximum Gasteiger partial charge on any atom is 0.249 e. The lowest BCUT2D eigenvalue weighted by Crippen LogP contribution is -2.46. The average molecular weight is 598 g/mol. The zero-order valence-electron chi connectivity index (χ0n) is 28.3. The van der Waals surface area contributed by atoms with Gasteiger partial charge in [0.15, 0.2) is 0 Å². The second-order valence-electron chi connectivity index (χ2n) is 13.1. The Hall–Kier alpha value is -0.650. The van der Waals surface area contributed by atoms with Crippen LogP contribution in [0.4, 0.5) is 0 Å². The highest BCUT2D eigenvalue weighted by atomic mass is 16.5. The summed E-state index contributed by atoms with van der Waals surface area (Å²) in [4.78, 5) is 12.5. The van der Waals surface area contributed by atoms with Crippen LogP contribution in [0.5, 0.6) is 0 Å². The van der Waals surface area contributed by atoms with Crippen molar-refractivity contribution in [3.05, 3.63) is 0 Å². The number of hydrogen-bond donors (Lipinski definition) is 3. The first-order chi connectivity index (χ1) is 20.6. The van der Waals surface area contributed by atoms with Crippen molar-refractivity contribution in [3.8, 4) is 0 Å². The average Bonchev–Trinajstić information content (AvgIpc) is 2.99. The fraction of sp³-hybridized carbons (Fsp3) is 0.973. The summed E-state index contributed by atoms with van der Waals surface area (Å²) in [5.74, 6) is -0.350. The predicted molar refractivity (Wildman–Crippen MR) is 181 cm³/mol. The third-order valence-electron chi connectivity index (χ3n) is 9.05. The van der Waals surface area contributed by atoms with E-state index in [0.29, 0.717) is 32.5 Å². The van der Waals surface area contributed by atoms with Crippen molar-refractivity contribution in [2.24, 2.45) is 5.73 Å². The first kappa shape index (κ1) is 41.4. The van der Waals surface area contributed by atoms with E-state index < -0.39 is 5.60 Å². The highest BCUT2D eigenvalue weighted by Gasteiger charge is 2.36. The van der Waals surface area contributed by atoms with Gasteiger partial charge in [0.05, 0.1) is 0 Å². The summed E-state index contributed by atoms with van der Waals surface area (Å²) >= 11 is 0. The van der Waals surface area contributed by atoms with Gasteiger partial charge in [-0.05, 0) is 32.1 Å². The van der Waals surface area contributed by atoms with Crippen molar-refractivity contribution in [2.75, 3.05) is 19.8 Å². The molecule has 4 N–H and O–H groups in total. The molecule has 252 valence electrons.